The minimum Gasteiger partial charge on any atom is -0.265 e. The van der Waals surface area contributed by atoms with Crippen molar-refractivity contribution in [2.75, 3.05) is 0 Å². The monoisotopic (exact) mass is 284 g/mol. The highest BCUT2D eigenvalue weighted by Gasteiger charge is 2.16. The van der Waals surface area contributed by atoms with Crippen LogP contribution in [-0.4, -0.2) is 18.2 Å². The molecule has 0 aliphatic carbocycles. The van der Waals surface area contributed by atoms with E-state index in [1.165, 1.54) is 0 Å². The average Bonchev–Trinajstić information content (AvgIpc) is 2.52. The molecule has 2 nitrogen and oxygen atoms in total. The fraction of sp³-hybridized carbons (Fsp3) is 0.176. The molecular weight excluding hydrogens is 270 g/mol. The number of nitriles is 1. The molecule has 0 N–H and O–H groups in total. The quantitative estimate of drug-likeness (QED) is 0.762. The summed E-state index contributed by atoms with van der Waals surface area (Å²) >= 11 is 0. The van der Waals surface area contributed by atoms with Crippen molar-refractivity contribution < 1.29 is 8.78 Å². The summed E-state index contributed by atoms with van der Waals surface area (Å²) in [6.45, 7) is 0. The lowest BCUT2D eigenvalue weighted by atomic mass is 10.0. The molecule has 0 amide bonds. The Morgan fingerprint density at radius 1 is 0.952 bits per heavy atom. The Bertz CT molecular complexity index is 589. The molecule has 106 valence electrons. The van der Waals surface area contributed by atoms with Crippen molar-refractivity contribution in [2.45, 2.75) is 18.9 Å². The van der Waals surface area contributed by atoms with Crippen LogP contribution in [0.2, 0.25) is 0 Å². The summed E-state index contributed by atoms with van der Waals surface area (Å²) in [4.78, 5) is 4.25. The van der Waals surface area contributed by atoms with Gasteiger partial charge in [-0.15, -0.1) is 0 Å². The van der Waals surface area contributed by atoms with E-state index in [0.29, 0.717) is 5.71 Å². The first-order chi connectivity index (χ1) is 10.2. The molecule has 0 unspecified atom stereocenters. The van der Waals surface area contributed by atoms with Gasteiger partial charge in [0.15, 0.2) is 0 Å². The SMILES string of the molecule is N#C[C@@H](CC(F)F)N=C(c1ccccc1)c1ccccc1. The number of halogens is 2. The summed E-state index contributed by atoms with van der Waals surface area (Å²) < 4.78 is 25.0. The lowest BCUT2D eigenvalue weighted by Crippen LogP contribution is -2.13. The van der Waals surface area contributed by atoms with Crippen LogP contribution in [0.3, 0.4) is 0 Å². The zero-order valence-electron chi connectivity index (χ0n) is 11.3. The molecule has 21 heavy (non-hydrogen) atoms. The van der Waals surface area contributed by atoms with Crippen molar-refractivity contribution in [3.05, 3.63) is 71.8 Å². The van der Waals surface area contributed by atoms with Crippen molar-refractivity contribution >= 4 is 5.71 Å². The second-order valence-electron chi connectivity index (χ2n) is 4.48. The van der Waals surface area contributed by atoms with Crippen LogP contribution in [0.1, 0.15) is 17.5 Å². The van der Waals surface area contributed by atoms with Gasteiger partial charge >= 0.3 is 0 Å². The molecule has 1 atom stereocenters. The van der Waals surface area contributed by atoms with E-state index in [-0.39, 0.29) is 0 Å². The van der Waals surface area contributed by atoms with E-state index in [1.807, 2.05) is 66.7 Å². The molecule has 2 aromatic carbocycles. The van der Waals surface area contributed by atoms with Crippen molar-refractivity contribution in [2.24, 2.45) is 4.99 Å². The molecule has 0 fully saturated rings. The maximum absolute atomic E-state index is 12.5. The first-order valence-electron chi connectivity index (χ1n) is 6.57. The molecule has 0 aliphatic heterocycles. The summed E-state index contributed by atoms with van der Waals surface area (Å²) in [5.74, 6) is 0. The molecule has 2 rings (SSSR count). The van der Waals surface area contributed by atoms with E-state index in [1.54, 1.807) is 0 Å². The van der Waals surface area contributed by atoms with E-state index in [2.05, 4.69) is 4.99 Å². The van der Waals surface area contributed by atoms with Crippen molar-refractivity contribution in [1.29, 1.82) is 5.26 Å². The van der Waals surface area contributed by atoms with Crippen LogP contribution in [0.15, 0.2) is 65.7 Å². The average molecular weight is 284 g/mol. The van der Waals surface area contributed by atoms with Gasteiger partial charge in [0, 0.05) is 17.5 Å². The van der Waals surface area contributed by atoms with Crippen LogP contribution in [0.5, 0.6) is 0 Å². The molecule has 0 spiro atoms. The van der Waals surface area contributed by atoms with Gasteiger partial charge in [0.1, 0.15) is 6.04 Å². The summed E-state index contributed by atoms with van der Waals surface area (Å²) in [5.41, 5.74) is 2.17. The summed E-state index contributed by atoms with van der Waals surface area (Å²) in [6.07, 6.45) is -3.11. The van der Waals surface area contributed by atoms with E-state index < -0.39 is 18.9 Å². The van der Waals surface area contributed by atoms with Crippen LogP contribution >= 0.6 is 0 Å². The number of nitrogens with zero attached hydrogens (tertiary/aromatic N) is 2. The highest BCUT2D eigenvalue weighted by molar-refractivity contribution is 6.13. The molecule has 0 saturated carbocycles. The fourth-order valence-electron chi connectivity index (χ4n) is 1.97. The molecule has 0 heterocycles. The smallest absolute Gasteiger partial charge is 0.241 e. The van der Waals surface area contributed by atoms with Crippen LogP contribution in [0, 0.1) is 11.3 Å². The Morgan fingerprint density at radius 3 is 1.81 bits per heavy atom. The van der Waals surface area contributed by atoms with Gasteiger partial charge in [0.25, 0.3) is 0 Å². The third-order valence-corrected chi connectivity index (χ3v) is 2.93. The molecule has 0 bridgehead atoms. The van der Waals surface area contributed by atoms with E-state index in [4.69, 9.17) is 5.26 Å². The number of hydrogen-bond donors (Lipinski definition) is 0. The third kappa shape index (κ3) is 4.22. The van der Waals surface area contributed by atoms with E-state index in [9.17, 15) is 8.78 Å². The Hall–Kier alpha value is -2.54. The van der Waals surface area contributed by atoms with Gasteiger partial charge < -0.3 is 0 Å². The van der Waals surface area contributed by atoms with Crippen LogP contribution in [0.4, 0.5) is 8.78 Å². The van der Waals surface area contributed by atoms with Gasteiger partial charge in [-0.25, -0.2) is 8.78 Å². The molecule has 0 aromatic heterocycles. The third-order valence-electron chi connectivity index (χ3n) is 2.93. The summed E-state index contributed by atoms with van der Waals surface area (Å²) in [7, 11) is 0. The maximum atomic E-state index is 12.5. The lowest BCUT2D eigenvalue weighted by Gasteiger charge is -2.10. The molecule has 0 aliphatic rings. The van der Waals surface area contributed by atoms with Gasteiger partial charge in [0.2, 0.25) is 6.43 Å². The van der Waals surface area contributed by atoms with Gasteiger partial charge in [-0.3, -0.25) is 4.99 Å². The van der Waals surface area contributed by atoms with Crippen molar-refractivity contribution in [3.63, 3.8) is 0 Å². The highest BCUT2D eigenvalue weighted by atomic mass is 19.3. The number of alkyl halides is 2. The van der Waals surface area contributed by atoms with Gasteiger partial charge in [0.05, 0.1) is 11.8 Å². The molecule has 0 saturated heterocycles. The molecule has 0 radical (unpaired) electrons. The van der Waals surface area contributed by atoms with Crippen LogP contribution < -0.4 is 0 Å². The first-order valence-corrected chi connectivity index (χ1v) is 6.57. The first kappa shape index (κ1) is 14.9. The second-order valence-corrected chi connectivity index (χ2v) is 4.48. The second kappa shape index (κ2) is 7.30. The standard InChI is InChI=1S/C17H14F2N2/c18-16(19)11-15(12-20)21-17(13-7-3-1-4-8-13)14-9-5-2-6-10-14/h1-10,15-16H,11H2/t15-/m1/s1. The van der Waals surface area contributed by atoms with E-state index in [0.717, 1.165) is 11.1 Å². The Balaban J connectivity index is 2.44. The number of hydrogen-bond acceptors (Lipinski definition) is 2. The highest BCUT2D eigenvalue weighted by Crippen LogP contribution is 2.15. The fourth-order valence-corrected chi connectivity index (χ4v) is 1.97. The Kier molecular flexibility index (Phi) is 5.16. The number of benzene rings is 2. The van der Waals surface area contributed by atoms with Gasteiger partial charge in [-0.1, -0.05) is 60.7 Å². The summed E-state index contributed by atoms with van der Waals surface area (Å²) in [6, 6.07) is 19.3. The van der Waals surface area contributed by atoms with Crippen molar-refractivity contribution in [1.82, 2.24) is 0 Å². The number of rotatable bonds is 5. The normalized spacial score (nSPS) is 11.7. The molecule has 2 aromatic rings. The van der Waals surface area contributed by atoms with Gasteiger partial charge in [-0.2, -0.15) is 5.26 Å². The van der Waals surface area contributed by atoms with Gasteiger partial charge in [-0.05, 0) is 0 Å². The molecular formula is C17H14F2N2. The minimum atomic E-state index is -2.55. The van der Waals surface area contributed by atoms with E-state index >= 15 is 0 Å². The topological polar surface area (TPSA) is 36.1 Å². The predicted octanol–water partition coefficient (Wildman–Crippen LogP) is 4.07. The maximum Gasteiger partial charge on any atom is 0.241 e. The van der Waals surface area contributed by atoms with Crippen LogP contribution in [0.25, 0.3) is 0 Å². The summed E-state index contributed by atoms with van der Waals surface area (Å²) in [5, 5.41) is 9.03. The van der Waals surface area contributed by atoms with Crippen LogP contribution in [-0.2, 0) is 0 Å². The largest absolute Gasteiger partial charge is 0.265 e. The Morgan fingerprint density at radius 2 is 1.43 bits per heavy atom. The zero-order valence-corrected chi connectivity index (χ0v) is 11.3. The zero-order chi connectivity index (χ0) is 15.1. The molecule has 4 heteroatoms. The van der Waals surface area contributed by atoms with Crippen molar-refractivity contribution in [3.8, 4) is 6.07 Å². The number of aliphatic imine (C=N–C) groups is 1. The predicted molar refractivity (Wildman–Crippen MR) is 78.5 cm³/mol. The minimum absolute atomic E-state index is 0.556. The lowest BCUT2D eigenvalue weighted by molar-refractivity contribution is 0.134. The Labute approximate surface area is 122 Å².